The standard InChI is InChI=1S/C35H23N2PS/c39-38(26-13-2-1-3-14-26,27-22-21-24-11-4-5-12-25(24)23-27)33-20-10-18-31-34(33)37-32-19-9-8-16-29(32)28-15-6-7-17-30(28)35(37)36-31/h1-23H. The zero-order valence-electron chi connectivity index (χ0n) is 21.0. The molecule has 0 saturated heterocycles. The van der Waals surface area contributed by atoms with Crippen LogP contribution in [0.3, 0.4) is 0 Å². The van der Waals surface area contributed by atoms with Gasteiger partial charge >= 0.3 is 0 Å². The molecule has 39 heavy (non-hydrogen) atoms. The molecular weight excluding hydrogens is 511 g/mol. The van der Waals surface area contributed by atoms with E-state index in [0.717, 1.165) is 27.6 Å². The summed E-state index contributed by atoms with van der Waals surface area (Å²) in [5, 5.41) is 9.56. The predicted molar refractivity (Wildman–Crippen MR) is 171 cm³/mol. The van der Waals surface area contributed by atoms with Gasteiger partial charge in [0.1, 0.15) is 5.65 Å². The van der Waals surface area contributed by atoms with Gasteiger partial charge in [0.2, 0.25) is 0 Å². The van der Waals surface area contributed by atoms with E-state index in [-0.39, 0.29) is 0 Å². The number of pyridine rings is 1. The highest BCUT2D eigenvalue weighted by molar-refractivity contribution is 8.25. The van der Waals surface area contributed by atoms with Crippen molar-refractivity contribution in [2.75, 3.05) is 0 Å². The van der Waals surface area contributed by atoms with Gasteiger partial charge in [-0.15, -0.1) is 0 Å². The highest BCUT2D eigenvalue weighted by Gasteiger charge is 2.29. The molecule has 8 aromatic rings. The molecule has 1 unspecified atom stereocenters. The van der Waals surface area contributed by atoms with Gasteiger partial charge in [0.05, 0.1) is 16.6 Å². The van der Waals surface area contributed by atoms with Crippen LogP contribution < -0.4 is 15.9 Å². The van der Waals surface area contributed by atoms with Crippen molar-refractivity contribution in [3.63, 3.8) is 0 Å². The number of hydrogen-bond donors (Lipinski definition) is 0. The minimum Gasteiger partial charge on any atom is -0.291 e. The first kappa shape index (κ1) is 22.7. The second kappa shape index (κ2) is 8.61. The number of benzene rings is 6. The second-order valence-electron chi connectivity index (χ2n) is 9.95. The summed E-state index contributed by atoms with van der Waals surface area (Å²) in [6.07, 6.45) is 0. The molecule has 0 radical (unpaired) electrons. The van der Waals surface area contributed by atoms with Crippen molar-refractivity contribution in [1.82, 2.24) is 9.38 Å². The Hall–Kier alpha value is -4.30. The summed E-state index contributed by atoms with van der Waals surface area (Å²) in [5.74, 6) is 0. The van der Waals surface area contributed by atoms with Gasteiger partial charge in [-0.25, -0.2) is 4.98 Å². The Bertz CT molecular complexity index is 2270. The molecule has 0 spiro atoms. The topological polar surface area (TPSA) is 17.3 Å². The summed E-state index contributed by atoms with van der Waals surface area (Å²) >= 11 is 6.91. The number of fused-ring (bicyclic) bond motifs is 9. The van der Waals surface area contributed by atoms with Crippen molar-refractivity contribution >= 4 is 82.9 Å². The van der Waals surface area contributed by atoms with Gasteiger partial charge in [0.25, 0.3) is 0 Å². The Labute approximate surface area is 231 Å². The van der Waals surface area contributed by atoms with Gasteiger partial charge in [-0.1, -0.05) is 133 Å². The Balaban J connectivity index is 1.57. The summed E-state index contributed by atoms with van der Waals surface area (Å²) in [5.41, 5.74) is 4.20. The minimum absolute atomic E-state index is 0.972. The zero-order valence-corrected chi connectivity index (χ0v) is 22.7. The number of rotatable bonds is 3. The van der Waals surface area contributed by atoms with E-state index in [1.54, 1.807) is 0 Å². The second-order valence-corrected chi connectivity index (χ2v) is 14.3. The van der Waals surface area contributed by atoms with E-state index in [2.05, 4.69) is 144 Å². The Morgan fingerprint density at radius 1 is 0.538 bits per heavy atom. The van der Waals surface area contributed by atoms with Crippen LogP contribution in [0.15, 0.2) is 140 Å². The predicted octanol–water partition coefficient (Wildman–Crippen LogP) is 7.70. The molecule has 0 aliphatic carbocycles. The average Bonchev–Trinajstić information content (AvgIpc) is 3.41. The molecule has 184 valence electrons. The fraction of sp³-hybridized carbons (Fsp3) is 0. The molecule has 2 aromatic heterocycles. The molecular formula is C35H23N2PS. The SMILES string of the molecule is S=P(c1ccccc1)(c1ccc2ccccc2c1)c1cccc2nc3c4ccccc4c4ccccc4n3c12. The zero-order chi connectivity index (χ0) is 26.0. The summed E-state index contributed by atoms with van der Waals surface area (Å²) in [4.78, 5) is 5.24. The third kappa shape index (κ3) is 3.27. The lowest BCUT2D eigenvalue weighted by molar-refractivity contribution is 1.32. The maximum atomic E-state index is 6.91. The quantitative estimate of drug-likeness (QED) is 0.171. The van der Waals surface area contributed by atoms with E-state index in [1.807, 2.05) is 0 Å². The number of aromatic nitrogens is 2. The van der Waals surface area contributed by atoms with E-state index < -0.39 is 6.04 Å². The molecule has 0 N–H and O–H groups in total. The van der Waals surface area contributed by atoms with Crippen LogP contribution in [0.4, 0.5) is 0 Å². The van der Waals surface area contributed by atoms with Gasteiger partial charge in [-0.05, 0) is 45.0 Å². The lowest BCUT2D eigenvalue weighted by Gasteiger charge is -2.25. The van der Waals surface area contributed by atoms with Crippen molar-refractivity contribution in [3.8, 4) is 0 Å². The van der Waals surface area contributed by atoms with E-state index in [4.69, 9.17) is 16.8 Å². The van der Waals surface area contributed by atoms with Crippen LogP contribution in [0.1, 0.15) is 0 Å². The van der Waals surface area contributed by atoms with Gasteiger partial charge in [-0.2, -0.15) is 0 Å². The van der Waals surface area contributed by atoms with E-state index in [1.165, 1.54) is 37.5 Å². The molecule has 0 bridgehead atoms. The Morgan fingerprint density at radius 2 is 1.23 bits per heavy atom. The molecule has 0 amide bonds. The Kier molecular flexibility index (Phi) is 5.00. The van der Waals surface area contributed by atoms with E-state index in [9.17, 15) is 0 Å². The van der Waals surface area contributed by atoms with Crippen LogP contribution in [-0.2, 0) is 11.8 Å². The van der Waals surface area contributed by atoms with Gasteiger partial charge < -0.3 is 0 Å². The van der Waals surface area contributed by atoms with Crippen LogP contribution in [-0.4, -0.2) is 9.38 Å². The van der Waals surface area contributed by atoms with Crippen molar-refractivity contribution in [1.29, 1.82) is 0 Å². The van der Waals surface area contributed by atoms with Crippen LogP contribution in [0, 0.1) is 0 Å². The monoisotopic (exact) mass is 534 g/mol. The van der Waals surface area contributed by atoms with E-state index >= 15 is 0 Å². The number of nitrogens with zero attached hydrogens (tertiary/aromatic N) is 2. The highest BCUT2D eigenvalue weighted by Crippen LogP contribution is 2.46. The summed E-state index contributed by atoms with van der Waals surface area (Å²) in [6, 6.07) is 47.2. The third-order valence-corrected chi connectivity index (χ3v) is 12.7. The first-order chi connectivity index (χ1) is 19.2. The maximum absolute atomic E-state index is 6.91. The fourth-order valence-electron chi connectivity index (χ4n) is 6.03. The molecule has 0 aliphatic rings. The molecule has 6 aromatic carbocycles. The molecule has 2 nitrogen and oxygen atoms in total. The van der Waals surface area contributed by atoms with Crippen molar-refractivity contribution < 1.29 is 0 Å². The number of para-hydroxylation sites is 2. The van der Waals surface area contributed by atoms with Crippen molar-refractivity contribution in [2.24, 2.45) is 0 Å². The fourth-order valence-corrected chi connectivity index (χ4v) is 10.0. The smallest absolute Gasteiger partial charge is 0.146 e. The maximum Gasteiger partial charge on any atom is 0.146 e. The van der Waals surface area contributed by atoms with Gasteiger partial charge in [0.15, 0.2) is 0 Å². The third-order valence-electron chi connectivity index (χ3n) is 7.81. The van der Waals surface area contributed by atoms with Crippen LogP contribution in [0.5, 0.6) is 0 Å². The molecule has 2 heterocycles. The molecule has 1 atom stereocenters. The van der Waals surface area contributed by atoms with Crippen molar-refractivity contribution in [3.05, 3.63) is 140 Å². The van der Waals surface area contributed by atoms with E-state index in [0.29, 0.717) is 0 Å². The first-order valence-electron chi connectivity index (χ1n) is 13.1. The minimum atomic E-state index is -2.46. The lowest BCUT2D eigenvalue weighted by atomic mass is 10.1. The van der Waals surface area contributed by atoms with Crippen LogP contribution >= 0.6 is 6.04 Å². The summed E-state index contributed by atoms with van der Waals surface area (Å²) < 4.78 is 2.35. The van der Waals surface area contributed by atoms with Crippen LogP contribution in [0.25, 0.3) is 49.1 Å². The Morgan fingerprint density at radius 3 is 2.08 bits per heavy atom. The summed E-state index contributed by atoms with van der Waals surface area (Å²) in [7, 11) is 0. The molecule has 8 rings (SSSR count). The highest BCUT2D eigenvalue weighted by atomic mass is 32.4. The average molecular weight is 535 g/mol. The van der Waals surface area contributed by atoms with Gasteiger partial charge in [0, 0.05) is 22.1 Å². The summed E-state index contributed by atoms with van der Waals surface area (Å²) in [6.45, 7) is 0. The normalized spacial score (nSPS) is 13.4. The molecule has 0 aliphatic heterocycles. The number of imidazole rings is 1. The molecule has 0 fully saturated rings. The molecule has 0 saturated carbocycles. The first-order valence-corrected chi connectivity index (χ1v) is 15.9. The van der Waals surface area contributed by atoms with Gasteiger partial charge in [-0.3, -0.25) is 4.40 Å². The largest absolute Gasteiger partial charge is 0.291 e. The van der Waals surface area contributed by atoms with Crippen LogP contribution in [0.2, 0.25) is 0 Å². The number of hydrogen-bond acceptors (Lipinski definition) is 2. The lowest BCUT2D eigenvalue weighted by Crippen LogP contribution is -2.26. The molecule has 4 heteroatoms. The van der Waals surface area contributed by atoms with Crippen molar-refractivity contribution in [2.45, 2.75) is 0 Å².